The third-order valence-corrected chi connectivity index (χ3v) is 4.15. The molecule has 0 radical (unpaired) electrons. The summed E-state index contributed by atoms with van der Waals surface area (Å²) < 4.78 is 10.1. The second kappa shape index (κ2) is 9.85. The molecule has 0 bridgehead atoms. The zero-order valence-corrected chi connectivity index (χ0v) is 15.2. The SMILES string of the molecule is CCOC(=O)/C=C(C)/C=C/C=C(\C)C=Cc1sc(OC)cc1C. The van der Waals surface area contributed by atoms with E-state index < -0.39 is 0 Å². The normalized spacial score (nSPS) is 13.1. The van der Waals surface area contributed by atoms with Gasteiger partial charge in [-0.1, -0.05) is 41.2 Å². The minimum absolute atomic E-state index is 0.308. The number of thiophene rings is 1. The Morgan fingerprint density at radius 3 is 2.61 bits per heavy atom. The molecule has 0 aliphatic carbocycles. The number of rotatable bonds is 7. The van der Waals surface area contributed by atoms with Gasteiger partial charge >= 0.3 is 5.97 Å². The van der Waals surface area contributed by atoms with Gasteiger partial charge in [-0.3, -0.25) is 0 Å². The second-order valence-electron chi connectivity index (χ2n) is 5.06. The lowest BCUT2D eigenvalue weighted by Crippen LogP contribution is -1.99. The molecule has 0 N–H and O–H groups in total. The van der Waals surface area contributed by atoms with Gasteiger partial charge in [0.15, 0.2) is 5.06 Å². The van der Waals surface area contributed by atoms with E-state index in [-0.39, 0.29) is 5.97 Å². The van der Waals surface area contributed by atoms with Gasteiger partial charge < -0.3 is 9.47 Å². The molecule has 3 nitrogen and oxygen atoms in total. The van der Waals surface area contributed by atoms with E-state index in [4.69, 9.17) is 9.47 Å². The highest BCUT2D eigenvalue weighted by Gasteiger charge is 2.01. The maximum absolute atomic E-state index is 11.3. The summed E-state index contributed by atoms with van der Waals surface area (Å²) in [5.41, 5.74) is 3.19. The van der Waals surface area contributed by atoms with Crippen LogP contribution in [0.15, 0.2) is 47.6 Å². The number of hydrogen-bond donors (Lipinski definition) is 0. The molecule has 23 heavy (non-hydrogen) atoms. The van der Waals surface area contributed by atoms with Crippen molar-refractivity contribution in [2.75, 3.05) is 13.7 Å². The van der Waals surface area contributed by atoms with Crippen molar-refractivity contribution >= 4 is 23.4 Å². The number of aryl methyl sites for hydroxylation is 1. The molecule has 1 aromatic rings. The zero-order valence-electron chi connectivity index (χ0n) is 14.4. The van der Waals surface area contributed by atoms with Gasteiger partial charge in [-0.2, -0.15) is 0 Å². The van der Waals surface area contributed by atoms with E-state index in [2.05, 4.69) is 19.1 Å². The van der Waals surface area contributed by atoms with Crippen LogP contribution in [0.1, 0.15) is 31.2 Å². The number of hydrogen-bond acceptors (Lipinski definition) is 4. The molecule has 0 aliphatic rings. The second-order valence-corrected chi connectivity index (χ2v) is 6.11. The molecule has 0 saturated carbocycles. The van der Waals surface area contributed by atoms with E-state index in [1.165, 1.54) is 16.5 Å². The van der Waals surface area contributed by atoms with E-state index in [0.717, 1.165) is 16.2 Å². The third kappa shape index (κ3) is 7.15. The van der Waals surface area contributed by atoms with Gasteiger partial charge in [0.2, 0.25) is 0 Å². The monoisotopic (exact) mass is 332 g/mol. The first-order valence-corrected chi connectivity index (χ1v) is 8.30. The minimum atomic E-state index is -0.308. The molecule has 0 amide bonds. The van der Waals surface area contributed by atoms with Crippen molar-refractivity contribution in [2.24, 2.45) is 0 Å². The van der Waals surface area contributed by atoms with Crippen molar-refractivity contribution in [3.05, 3.63) is 58.0 Å². The number of ether oxygens (including phenoxy) is 2. The van der Waals surface area contributed by atoms with Crippen molar-refractivity contribution in [1.82, 2.24) is 0 Å². The topological polar surface area (TPSA) is 35.5 Å². The Labute approximate surface area is 142 Å². The smallest absolute Gasteiger partial charge is 0.330 e. The van der Waals surface area contributed by atoms with Crippen molar-refractivity contribution in [3.8, 4) is 5.06 Å². The molecule has 0 saturated heterocycles. The Bertz CT molecular complexity index is 646. The maximum atomic E-state index is 11.3. The highest BCUT2D eigenvalue weighted by Crippen LogP contribution is 2.29. The standard InChI is InChI=1S/C19H24O3S/c1-6-22-18(20)12-15(3)9-7-8-14(2)10-11-17-16(4)13-19(21-5)23-17/h7-13H,6H2,1-5H3/b9-7+,11-10?,14-8+,15-12+. The van der Waals surface area contributed by atoms with Crippen LogP contribution in [0.25, 0.3) is 6.08 Å². The Morgan fingerprint density at radius 2 is 2.00 bits per heavy atom. The van der Waals surface area contributed by atoms with Crippen LogP contribution in [0, 0.1) is 6.92 Å². The number of carbonyl (C=O) groups is 1. The largest absolute Gasteiger partial charge is 0.487 e. The quantitative estimate of drug-likeness (QED) is 0.396. The van der Waals surface area contributed by atoms with E-state index in [9.17, 15) is 4.79 Å². The molecule has 4 heteroatoms. The van der Waals surface area contributed by atoms with E-state index in [1.807, 2.05) is 38.1 Å². The molecule has 0 aromatic carbocycles. The van der Waals surface area contributed by atoms with Crippen LogP contribution in [-0.2, 0) is 9.53 Å². The molecule has 0 fully saturated rings. The van der Waals surface area contributed by atoms with Gasteiger partial charge in [0, 0.05) is 11.0 Å². The van der Waals surface area contributed by atoms with Crippen LogP contribution in [0.2, 0.25) is 0 Å². The molecule has 1 rings (SSSR count). The summed E-state index contributed by atoms with van der Waals surface area (Å²) >= 11 is 1.63. The predicted octanol–water partition coefficient (Wildman–Crippen LogP) is 5.09. The summed E-state index contributed by atoms with van der Waals surface area (Å²) in [6.07, 6.45) is 11.4. The van der Waals surface area contributed by atoms with Gasteiger partial charge in [-0.05, 0) is 51.0 Å². The average molecular weight is 332 g/mol. The number of allylic oxidation sites excluding steroid dienone is 6. The first-order valence-electron chi connectivity index (χ1n) is 7.48. The summed E-state index contributed by atoms with van der Waals surface area (Å²) in [6.45, 7) is 8.16. The summed E-state index contributed by atoms with van der Waals surface area (Å²) in [6, 6.07) is 2.03. The number of methoxy groups -OCH3 is 1. The molecule has 0 atom stereocenters. The fourth-order valence-corrected chi connectivity index (χ4v) is 2.66. The van der Waals surface area contributed by atoms with Gasteiger partial charge in [0.25, 0.3) is 0 Å². The van der Waals surface area contributed by atoms with Crippen LogP contribution in [0.3, 0.4) is 0 Å². The van der Waals surface area contributed by atoms with Gasteiger partial charge in [-0.25, -0.2) is 4.79 Å². The fourth-order valence-electron chi connectivity index (χ4n) is 1.76. The van der Waals surface area contributed by atoms with Gasteiger partial charge in [0.1, 0.15) is 0 Å². The molecule has 1 heterocycles. The van der Waals surface area contributed by atoms with Crippen molar-refractivity contribution in [3.63, 3.8) is 0 Å². The van der Waals surface area contributed by atoms with E-state index in [0.29, 0.717) is 6.61 Å². The highest BCUT2D eigenvalue weighted by molar-refractivity contribution is 7.14. The highest BCUT2D eigenvalue weighted by atomic mass is 32.1. The lowest BCUT2D eigenvalue weighted by Gasteiger charge is -1.96. The van der Waals surface area contributed by atoms with Crippen molar-refractivity contribution in [1.29, 1.82) is 0 Å². The van der Waals surface area contributed by atoms with Crippen LogP contribution >= 0.6 is 11.3 Å². The Balaban J connectivity index is 2.66. The number of esters is 1. The molecule has 0 aliphatic heterocycles. The lowest BCUT2D eigenvalue weighted by atomic mass is 10.2. The first-order chi connectivity index (χ1) is 11.0. The summed E-state index contributed by atoms with van der Waals surface area (Å²) in [5, 5.41) is 0.920. The van der Waals surface area contributed by atoms with E-state index >= 15 is 0 Å². The molecule has 0 unspecified atom stereocenters. The fraction of sp³-hybridized carbons (Fsp3) is 0.316. The maximum Gasteiger partial charge on any atom is 0.330 e. The molecular formula is C19H24O3S. The Kier molecular flexibility index (Phi) is 8.13. The molecule has 124 valence electrons. The van der Waals surface area contributed by atoms with Gasteiger partial charge in [-0.15, -0.1) is 0 Å². The summed E-state index contributed by atoms with van der Waals surface area (Å²) in [7, 11) is 1.68. The zero-order chi connectivity index (χ0) is 17.2. The summed E-state index contributed by atoms with van der Waals surface area (Å²) in [5.74, 6) is -0.308. The first kappa shape index (κ1) is 19.0. The number of carbonyl (C=O) groups excluding carboxylic acids is 1. The Hall–Kier alpha value is -2.07. The van der Waals surface area contributed by atoms with Crippen LogP contribution < -0.4 is 4.74 Å². The van der Waals surface area contributed by atoms with Crippen molar-refractivity contribution in [2.45, 2.75) is 27.7 Å². The predicted molar refractivity (Wildman–Crippen MR) is 97.9 cm³/mol. The third-order valence-electron chi connectivity index (χ3n) is 2.98. The minimum Gasteiger partial charge on any atom is -0.487 e. The lowest BCUT2D eigenvalue weighted by molar-refractivity contribution is -0.137. The molecule has 1 aromatic heterocycles. The average Bonchev–Trinajstić information content (AvgIpc) is 2.85. The van der Waals surface area contributed by atoms with Gasteiger partial charge in [0.05, 0.1) is 13.7 Å². The van der Waals surface area contributed by atoms with Crippen LogP contribution in [0.4, 0.5) is 0 Å². The molecule has 0 spiro atoms. The van der Waals surface area contributed by atoms with E-state index in [1.54, 1.807) is 25.4 Å². The van der Waals surface area contributed by atoms with Crippen molar-refractivity contribution < 1.29 is 14.3 Å². The summed E-state index contributed by atoms with van der Waals surface area (Å²) in [4.78, 5) is 12.5. The van der Waals surface area contributed by atoms with Crippen LogP contribution in [0.5, 0.6) is 5.06 Å². The molecular weight excluding hydrogens is 308 g/mol. The Morgan fingerprint density at radius 1 is 1.26 bits per heavy atom. The van der Waals surface area contributed by atoms with Crippen LogP contribution in [-0.4, -0.2) is 19.7 Å².